The van der Waals surface area contributed by atoms with E-state index in [-0.39, 0.29) is 0 Å². The number of thiophene rings is 2. The Morgan fingerprint density at radius 3 is 1.91 bits per heavy atom. The summed E-state index contributed by atoms with van der Waals surface area (Å²) in [4.78, 5) is 34.8. The number of carbonyl (C=O) groups excluding carboxylic acids is 1. The van der Waals surface area contributed by atoms with Crippen LogP contribution < -0.4 is 0 Å². The molecule has 2 heterocycles. The van der Waals surface area contributed by atoms with Gasteiger partial charge in [0.25, 0.3) is 5.60 Å². The van der Waals surface area contributed by atoms with Gasteiger partial charge in [-0.3, -0.25) is 0 Å². The fraction of sp³-hybridized carbons (Fsp3) is 0.0714. The molecule has 0 unspecified atom stereocenters. The molecule has 0 aliphatic carbocycles. The summed E-state index contributed by atoms with van der Waals surface area (Å²) in [5.41, 5.74) is -1.98. The SMILES string of the molecule is O=C(O)/C=C/C(=O)OC(C(=O)O)(c1cccs1)c1cccs1. The number of esters is 1. The first-order valence-corrected chi connectivity index (χ1v) is 7.68. The van der Waals surface area contributed by atoms with E-state index in [2.05, 4.69) is 0 Å². The molecule has 8 heteroatoms. The number of aliphatic carboxylic acids is 2. The number of hydrogen-bond acceptors (Lipinski definition) is 6. The van der Waals surface area contributed by atoms with Gasteiger partial charge in [-0.1, -0.05) is 12.1 Å². The third kappa shape index (κ3) is 3.07. The molecule has 0 aromatic carbocycles. The van der Waals surface area contributed by atoms with Crippen LogP contribution in [0.15, 0.2) is 47.2 Å². The average molecular weight is 338 g/mol. The zero-order valence-electron chi connectivity index (χ0n) is 11.0. The highest BCUT2D eigenvalue weighted by Gasteiger charge is 2.48. The van der Waals surface area contributed by atoms with Crippen LogP contribution in [0.1, 0.15) is 9.75 Å². The van der Waals surface area contributed by atoms with E-state index in [0.29, 0.717) is 21.9 Å². The predicted octanol–water partition coefficient (Wildman–Crippen LogP) is 2.32. The summed E-state index contributed by atoms with van der Waals surface area (Å²) in [5.74, 6) is -3.73. The Bertz CT molecular complexity index is 666. The quantitative estimate of drug-likeness (QED) is 0.619. The molecule has 6 nitrogen and oxygen atoms in total. The summed E-state index contributed by atoms with van der Waals surface area (Å²) in [6.45, 7) is 0. The van der Waals surface area contributed by atoms with Crippen molar-refractivity contribution in [3.8, 4) is 0 Å². The first-order valence-electron chi connectivity index (χ1n) is 5.92. The number of carboxylic acid groups (broad SMARTS) is 2. The van der Waals surface area contributed by atoms with Crippen LogP contribution in [0, 0.1) is 0 Å². The van der Waals surface area contributed by atoms with Crippen LogP contribution in [-0.2, 0) is 24.7 Å². The fourth-order valence-electron chi connectivity index (χ4n) is 1.76. The van der Waals surface area contributed by atoms with Crippen LogP contribution >= 0.6 is 22.7 Å². The third-order valence-corrected chi connectivity index (χ3v) is 4.59. The molecule has 0 amide bonds. The highest BCUT2D eigenvalue weighted by atomic mass is 32.1. The van der Waals surface area contributed by atoms with Crippen molar-refractivity contribution in [1.82, 2.24) is 0 Å². The van der Waals surface area contributed by atoms with Gasteiger partial charge >= 0.3 is 17.9 Å². The summed E-state index contributed by atoms with van der Waals surface area (Å²) in [7, 11) is 0. The second-order valence-electron chi connectivity index (χ2n) is 4.03. The van der Waals surface area contributed by atoms with E-state index in [4.69, 9.17) is 9.84 Å². The van der Waals surface area contributed by atoms with E-state index < -0.39 is 23.5 Å². The Morgan fingerprint density at radius 1 is 1.00 bits per heavy atom. The van der Waals surface area contributed by atoms with Gasteiger partial charge in [0.2, 0.25) is 0 Å². The minimum atomic E-state index is -1.98. The first-order chi connectivity index (χ1) is 10.5. The van der Waals surface area contributed by atoms with Gasteiger partial charge in [0.15, 0.2) is 0 Å². The number of ether oxygens (including phenoxy) is 1. The lowest BCUT2D eigenvalue weighted by atomic mass is 9.99. The molecule has 2 aromatic heterocycles. The zero-order valence-corrected chi connectivity index (χ0v) is 12.6. The van der Waals surface area contributed by atoms with Gasteiger partial charge in [0, 0.05) is 12.2 Å². The lowest BCUT2D eigenvalue weighted by Crippen LogP contribution is -2.40. The molecule has 0 bridgehead atoms. The summed E-state index contributed by atoms with van der Waals surface area (Å²) < 4.78 is 5.17. The topological polar surface area (TPSA) is 101 Å². The van der Waals surface area contributed by atoms with E-state index in [1.165, 1.54) is 0 Å². The predicted molar refractivity (Wildman–Crippen MR) is 79.9 cm³/mol. The van der Waals surface area contributed by atoms with Gasteiger partial charge in [-0.25, -0.2) is 14.4 Å². The van der Waals surface area contributed by atoms with Crippen LogP contribution in [0.2, 0.25) is 0 Å². The van der Waals surface area contributed by atoms with Crippen molar-refractivity contribution in [2.45, 2.75) is 5.60 Å². The Balaban J connectivity index is 2.48. The van der Waals surface area contributed by atoms with E-state index in [1.54, 1.807) is 35.0 Å². The molecule has 0 saturated heterocycles. The maximum atomic E-state index is 11.9. The van der Waals surface area contributed by atoms with Crippen molar-refractivity contribution in [2.75, 3.05) is 0 Å². The highest BCUT2D eigenvalue weighted by molar-refractivity contribution is 7.12. The van der Waals surface area contributed by atoms with Gasteiger partial charge in [-0.05, 0) is 22.9 Å². The van der Waals surface area contributed by atoms with Crippen molar-refractivity contribution in [3.63, 3.8) is 0 Å². The van der Waals surface area contributed by atoms with E-state index in [9.17, 15) is 19.5 Å². The number of carbonyl (C=O) groups is 3. The summed E-state index contributed by atoms with van der Waals surface area (Å²) in [5, 5.41) is 21.6. The van der Waals surface area contributed by atoms with Crippen molar-refractivity contribution in [2.24, 2.45) is 0 Å². The number of carboxylic acids is 2. The second kappa shape index (κ2) is 6.54. The molecular formula is C14H10O6S2. The molecule has 0 aliphatic heterocycles. The number of rotatable bonds is 6. The molecule has 2 aromatic rings. The van der Waals surface area contributed by atoms with Crippen LogP contribution in [0.5, 0.6) is 0 Å². The molecule has 114 valence electrons. The largest absolute Gasteiger partial charge is 0.478 e. The normalized spacial score (nSPS) is 11.5. The van der Waals surface area contributed by atoms with Gasteiger partial charge in [-0.2, -0.15) is 0 Å². The Hall–Kier alpha value is -2.45. The maximum Gasteiger partial charge on any atom is 0.359 e. The molecule has 0 radical (unpaired) electrons. The minimum Gasteiger partial charge on any atom is -0.478 e. The van der Waals surface area contributed by atoms with Crippen molar-refractivity contribution in [3.05, 3.63) is 56.9 Å². The van der Waals surface area contributed by atoms with E-state index >= 15 is 0 Å². The van der Waals surface area contributed by atoms with Gasteiger partial charge in [0.05, 0.1) is 9.75 Å². The fourth-order valence-corrected chi connectivity index (χ4v) is 3.55. The van der Waals surface area contributed by atoms with E-state index in [1.807, 2.05) is 0 Å². The molecule has 0 fully saturated rings. The molecular weight excluding hydrogens is 328 g/mol. The van der Waals surface area contributed by atoms with Crippen molar-refractivity contribution < 1.29 is 29.3 Å². The van der Waals surface area contributed by atoms with Crippen LogP contribution in [0.25, 0.3) is 0 Å². The first kappa shape index (κ1) is 15.9. The van der Waals surface area contributed by atoms with Gasteiger partial charge < -0.3 is 14.9 Å². The molecule has 0 atom stereocenters. The minimum absolute atomic E-state index is 0.319. The molecule has 2 rings (SSSR count). The maximum absolute atomic E-state index is 11.9. The summed E-state index contributed by atoms with van der Waals surface area (Å²) >= 11 is 2.26. The molecule has 0 aliphatic rings. The van der Waals surface area contributed by atoms with Crippen LogP contribution in [0.4, 0.5) is 0 Å². The molecule has 0 spiro atoms. The summed E-state index contributed by atoms with van der Waals surface area (Å²) in [6, 6.07) is 6.39. The van der Waals surface area contributed by atoms with Gasteiger partial charge in [0.1, 0.15) is 0 Å². The Kier molecular flexibility index (Phi) is 4.74. The van der Waals surface area contributed by atoms with Crippen LogP contribution in [0.3, 0.4) is 0 Å². The van der Waals surface area contributed by atoms with Crippen molar-refractivity contribution >= 4 is 40.6 Å². The smallest absolute Gasteiger partial charge is 0.359 e. The Morgan fingerprint density at radius 2 is 1.55 bits per heavy atom. The standard InChI is InChI=1S/C14H10O6S2/c15-11(16)5-6-12(17)20-14(13(18)19,9-3-1-7-21-9)10-4-2-8-22-10/h1-8H,(H,15,16)(H,18,19)/b6-5+. The molecule has 2 N–H and O–H groups in total. The summed E-state index contributed by atoms with van der Waals surface area (Å²) in [6.07, 6.45) is 1.28. The third-order valence-electron chi connectivity index (χ3n) is 2.65. The average Bonchev–Trinajstić information content (AvgIpc) is 3.14. The van der Waals surface area contributed by atoms with Gasteiger partial charge in [-0.15, -0.1) is 22.7 Å². The molecule has 0 saturated carbocycles. The van der Waals surface area contributed by atoms with Crippen molar-refractivity contribution in [1.29, 1.82) is 0 Å². The lowest BCUT2D eigenvalue weighted by Gasteiger charge is -2.26. The second-order valence-corrected chi connectivity index (χ2v) is 5.93. The van der Waals surface area contributed by atoms with E-state index in [0.717, 1.165) is 22.7 Å². The highest BCUT2D eigenvalue weighted by Crippen LogP contribution is 2.39. The Labute approximate surface area is 132 Å². The monoisotopic (exact) mass is 338 g/mol. The number of hydrogen-bond donors (Lipinski definition) is 2. The lowest BCUT2D eigenvalue weighted by molar-refractivity contribution is -0.170. The zero-order chi connectivity index (χ0) is 16.2. The van der Waals surface area contributed by atoms with Crippen LogP contribution in [-0.4, -0.2) is 28.1 Å². The molecule has 22 heavy (non-hydrogen) atoms.